The average molecular weight is 395 g/mol. The molecule has 3 rings (SSSR count). The number of benzene rings is 3. The summed E-state index contributed by atoms with van der Waals surface area (Å²) in [7, 11) is 0. The van der Waals surface area contributed by atoms with Gasteiger partial charge < -0.3 is 10.2 Å². The van der Waals surface area contributed by atoms with E-state index in [1.165, 1.54) is 11.1 Å². The minimum absolute atomic E-state index is 0.804. The maximum Gasteiger partial charge on any atom is 0.0433 e. The molecule has 152 valence electrons. The van der Waals surface area contributed by atoms with Crippen LogP contribution in [-0.2, 0) is 13.1 Å². The third-order valence-corrected chi connectivity index (χ3v) is 5.27. The highest BCUT2D eigenvalue weighted by molar-refractivity contribution is 5.63. The van der Waals surface area contributed by atoms with Crippen molar-refractivity contribution in [2.24, 2.45) is 0 Å². The first-order chi connectivity index (χ1) is 14.5. The average Bonchev–Trinajstić information content (AvgIpc) is 2.79. The summed E-state index contributed by atoms with van der Waals surface area (Å²) in [5.41, 5.74) is 7.69. The number of nitrogens with zero attached hydrogens (tertiary/aromatic N) is 1. The summed E-state index contributed by atoms with van der Waals surface area (Å²) in [6.07, 6.45) is 0. The van der Waals surface area contributed by atoms with Gasteiger partial charge in [-0.1, -0.05) is 104 Å². The molecule has 2 nitrogen and oxygen atoms in total. The highest BCUT2D eigenvalue weighted by Crippen LogP contribution is 2.22. The van der Waals surface area contributed by atoms with Crippen LogP contribution >= 0.6 is 0 Å². The maximum absolute atomic E-state index is 4.45. The molecule has 0 radical (unpaired) electrons. The van der Waals surface area contributed by atoms with Gasteiger partial charge >= 0.3 is 0 Å². The van der Waals surface area contributed by atoms with E-state index in [1.807, 2.05) is 30.3 Å². The van der Waals surface area contributed by atoms with Crippen LogP contribution in [-0.4, -0.2) is 4.90 Å². The zero-order valence-electron chi connectivity index (χ0n) is 17.9. The number of nitrogens with one attached hydrogen (secondary N) is 1. The summed E-state index contributed by atoms with van der Waals surface area (Å²) in [5.74, 6) is 0. The standard InChI is InChI=1S/C28H30N2/c1-22(23(2)29-24(3)28-18-12-7-13-19-28)25(4)30(20-26-14-8-5-9-15-26)21-27-16-10-6-11-17-27/h5-19,29H,3-4,20-21H2,1-2H3/b23-22+. The van der Waals surface area contributed by atoms with Gasteiger partial charge in [0.25, 0.3) is 0 Å². The molecule has 0 unspecified atom stereocenters. The predicted molar refractivity (Wildman–Crippen MR) is 128 cm³/mol. The van der Waals surface area contributed by atoms with Crippen molar-refractivity contribution in [3.63, 3.8) is 0 Å². The Kier molecular flexibility index (Phi) is 7.29. The Morgan fingerprint density at radius 2 is 1.13 bits per heavy atom. The van der Waals surface area contributed by atoms with Crippen LogP contribution in [0.5, 0.6) is 0 Å². The molecule has 30 heavy (non-hydrogen) atoms. The molecule has 0 amide bonds. The third-order valence-electron chi connectivity index (χ3n) is 5.27. The second kappa shape index (κ2) is 10.3. The number of rotatable bonds is 9. The lowest BCUT2D eigenvalue weighted by atomic mass is 10.1. The first-order valence-electron chi connectivity index (χ1n) is 10.3. The maximum atomic E-state index is 4.45. The van der Waals surface area contributed by atoms with Crippen molar-refractivity contribution >= 4 is 5.70 Å². The second-order valence-electron chi connectivity index (χ2n) is 7.49. The van der Waals surface area contributed by atoms with Crippen LogP contribution in [0.3, 0.4) is 0 Å². The zero-order valence-corrected chi connectivity index (χ0v) is 17.9. The van der Waals surface area contributed by atoms with E-state index in [9.17, 15) is 0 Å². The van der Waals surface area contributed by atoms with E-state index in [1.54, 1.807) is 0 Å². The van der Waals surface area contributed by atoms with Gasteiger partial charge in [0, 0.05) is 30.2 Å². The lowest BCUT2D eigenvalue weighted by molar-refractivity contribution is 0.335. The molecule has 0 saturated heterocycles. The summed E-state index contributed by atoms with van der Waals surface area (Å²) in [6, 6.07) is 31.2. The Morgan fingerprint density at radius 1 is 0.700 bits per heavy atom. The van der Waals surface area contributed by atoms with Gasteiger partial charge in [-0.25, -0.2) is 0 Å². The van der Waals surface area contributed by atoms with Crippen LogP contribution < -0.4 is 5.32 Å². The first-order valence-corrected chi connectivity index (χ1v) is 10.3. The number of allylic oxidation sites excluding steroid dienone is 2. The fraction of sp³-hybridized carbons (Fsp3) is 0.143. The van der Waals surface area contributed by atoms with Crippen molar-refractivity contribution in [2.45, 2.75) is 26.9 Å². The molecule has 0 heterocycles. The number of hydrogen-bond donors (Lipinski definition) is 1. The summed E-state index contributed by atoms with van der Waals surface area (Å²) < 4.78 is 0. The molecule has 0 fully saturated rings. The first kappa shape index (κ1) is 21.2. The quantitative estimate of drug-likeness (QED) is 0.404. The fourth-order valence-corrected chi connectivity index (χ4v) is 3.34. The van der Waals surface area contributed by atoms with Gasteiger partial charge in [0.2, 0.25) is 0 Å². The molecule has 0 atom stereocenters. The van der Waals surface area contributed by atoms with E-state index >= 15 is 0 Å². The molecule has 0 bridgehead atoms. The monoisotopic (exact) mass is 394 g/mol. The van der Waals surface area contributed by atoms with Gasteiger partial charge in [0.15, 0.2) is 0 Å². The van der Waals surface area contributed by atoms with Crippen LogP contribution in [0.1, 0.15) is 30.5 Å². The Balaban J connectivity index is 1.81. The fourth-order valence-electron chi connectivity index (χ4n) is 3.34. The van der Waals surface area contributed by atoms with Gasteiger partial charge in [-0.15, -0.1) is 0 Å². The second-order valence-corrected chi connectivity index (χ2v) is 7.49. The summed E-state index contributed by atoms with van der Waals surface area (Å²) >= 11 is 0. The highest BCUT2D eigenvalue weighted by Gasteiger charge is 2.13. The zero-order chi connectivity index (χ0) is 21.3. The predicted octanol–water partition coefficient (Wildman–Crippen LogP) is 6.76. The normalized spacial score (nSPS) is 11.4. The molecule has 0 aromatic heterocycles. The molecule has 0 aliphatic carbocycles. The van der Waals surface area contributed by atoms with E-state index < -0.39 is 0 Å². The third kappa shape index (κ3) is 5.74. The number of hydrogen-bond acceptors (Lipinski definition) is 2. The topological polar surface area (TPSA) is 15.3 Å². The van der Waals surface area contributed by atoms with Crippen molar-refractivity contribution in [3.05, 3.63) is 138 Å². The van der Waals surface area contributed by atoms with Crippen molar-refractivity contribution < 1.29 is 0 Å². The van der Waals surface area contributed by atoms with Crippen LogP contribution in [0.4, 0.5) is 0 Å². The van der Waals surface area contributed by atoms with Crippen molar-refractivity contribution in [1.29, 1.82) is 0 Å². The molecule has 0 aliphatic heterocycles. The van der Waals surface area contributed by atoms with Gasteiger partial charge in [0.1, 0.15) is 0 Å². The Bertz CT molecular complexity index is 961. The van der Waals surface area contributed by atoms with Crippen LogP contribution in [0.15, 0.2) is 121 Å². The van der Waals surface area contributed by atoms with E-state index in [4.69, 9.17) is 0 Å². The lowest BCUT2D eigenvalue weighted by Crippen LogP contribution is -2.24. The molecule has 2 heteroatoms. The van der Waals surface area contributed by atoms with Gasteiger partial charge in [0.05, 0.1) is 0 Å². The minimum Gasteiger partial charge on any atom is -0.363 e. The molecule has 3 aromatic carbocycles. The molecule has 0 spiro atoms. The van der Waals surface area contributed by atoms with Crippen molar-refractivity contribution in [2.75, 3.05) is 0 Å². The van der Waals surface area contributed by atoms with E-state index in [0.29, 0.717) is 0 Å². The smallest absolute Gasteiger partial charge is 0.0433 e. The summed E-state index contributed by atoms with van der Waals surface area (Å²) in [4.78, 5) is 2.33. The van der Waals surface area contributed by atoms with E-state index in [0.717, 1.165) is 41.3 Å². The Labute approximate surface area is 180 Å². The minimum atomic E-state index is 0.804. The molecule has 0 saturated carbocycles. The van der Waals surface area contributed by atoms with Crippen molar-refractivity contribution in [1.82, 2.24) is 10.2 Å². The summed E-state index contributed by atoms with van der Waals surface area (Å²) in [5, 5.41) is 3.46. The van der Waals surface area contributed by atoms with Crippen LogP contribution in [0, 0.1) is 0 Å². The van der Waals surface area contributed by atoms with Crippen molar-refractivity contribution in [3.8, 4) is 0 Å². The van der Waals surface area contributed by atoms with E-state index in [-0.39, 0.29) is 0 Å². The van der Waals surface area contributed by atoms with Gasteiger partial charge in [-0.2, -0.15) is 0 Å². The molecule has 1 N–H and O–H groups in total. The highest BCUT2D eigenvalue weighted by atomic mass is 15.1. The van der Waals surface area contributed by atoms with Crippen LogP contribution in [0.2, 0.25) is 0 Å². The van der Waals surface area contributed by atoms with Crippen LogP contribution in [0.25, 0.3) is 5.70 Å². The molecule has 0 aliphatic rings. The molecular formula is C28H30N2. The van der Waals surface area contributed by atoms with E-state index in [2.05, 4.69) is 97.9 Å². The molecule has 3 aromatic rings. The van der Waals surface area contributed by atoms with Gasteiger partial charge in [-0.3, -0.25) is 0 Å². The lowest BCUT2D eigenvalue weighted by Gasteiger charge is -2.29. The molecular weight excluding hydrogens is 364 g/mol. The Morgan fingerprint density at radius 3 is 1.60 bits per heavy atom. The Hall–Kier alpha value is -3.52. The summed E-state index contributed by atoms with van der Waals surface area (Å²) in [6.45, 7) is 14.5. The van der Waals surface area contributed by atoms with Gasteiger partial charge in [-0.05, 0) is 36.1 Å². The SMILES string of the molecule is C=C(N/C(C)=C(\C)C(=C)N(Cc1ccccc1)Cc1ccccc1)c1ccccc1. The largest absolute Gasteiger partial charge is 0.363 e.